The molecule has 2 aromatic rings. The van der Waals surface area contributed by atoms with E-state index in [1.54, 1.807) is 0 Å². The van der Waals surface area contributed by atoms with E-state index in [0.717, 1.165) is 18.8 Å². The smallest absolute Gasteiger partial charge is 0.0480 e. The molecule has 0 fully saturated rings. The normalized spacial score (nSPS) is 11.1. The van der Waals surface area contributed by atoms with Crippen LogP contribution in [-0.4, -0.2) is 17.0 Å². The highest BCUT2D eigenvalue weighted by atomic mass is 32.1. The highest BCUT2D eigenvalue weighted by Crippen LogP contribution is 2.20. The molecule has 0 aliphatic heterocycles. The molecule has 0 bridgehead atoms. The third kappa shape index (κ3) is 2.19. The molecule has 0 atom stereocenters. The highest BCUT2D eigenvalue weighted by Gasteiger charge is 2.04. The summed E-state index contributed by atoms with van der Waals surface area (Å²) in [5, 5.41) is 4.59. The van der Waals surface area contributed by atoms with Gasteiger partial charge in [0.25, 0.3) is 0 Å². The zero-order chi connectivity index (χ0) is 10.7. The van der Waals surface area contributed by atoms with Crippen molar-refractivity contribution in [1.29, 1.82) is 0 Å². The van der Waals surface area contributed by atoms with Gasteiger partial charge in [-0.3, -0.25) is 0 Å². The molecule has 80 valence electrons. The molecule has 0 saturated carbocycles. The fourth-order valence-corrected chi connectivity index (χ4v) is 2.09. The van der Waals surface area contributed by atoms with Crippen LogP contribution in [0.1, 0.15) is 5.56 Å². The maximum Gasteiger partial charge on any atom is 0.0480 e. The zero-order valence-electron chi connectivity index (χ0n) is 8.90. The van der Waals surface area contributed by atoms with Crippen molar-refractivity contribution >= 4 is 23.5 Å². The van der Waals surface area contributed by atoms with Crippen LogP contribution in [0.25, 0.3) is 10.9 Å². The number of nitrogens with one attached hydrogen (secondary N) is 1. The number of benzene rings is 1. The fourth-order valence-electron chi connectivity index (χ4n) is 1.93. The molecule has 1 N–H and O–H groups in total. The van der Waals surface area contributed by atoms with E-state index in [9.17, 15) is 0 Å². The Morgan fingerprint density at radius 2 is 2.13 bits per heavy atom. The molecule has 2 nitrogen and oxygen atoms in total. The molecule has 3 heteroatoms. The third-order valence-corrected chi connectivity index (χ3v) is 2.89. The number of aryl methyl sites for hydroxylation is 1. The minimum Gasteiger partial charge on any atom is -0.350 e. The van der Waals surface area contributed by atoms with Gasteiger partial charge in [0.2, 0.25) is 0 Å². The van der Waals surface area contributed by atoms with E-state index in [2.05, 4.69) is 60.0 Å². The van der Waals surface area contributed by atoms with Crippen molar-refractivity contribution in [2.75, 3.05) is 12.4 Å². The molecular formula is C12H16N2S. The van der Waals surface area contributed by atoms with Gasteiger partial charge in [-0.25, -0.2) is 0 Å². The van der Waals surface area contributed by atoms with E-state index in [0.29, 0.717) is 0 Å². The van der Waals surface area contributed by atoms with Gasteiger partial charge >= 0.3 is 0 Å². The summed E-state index contributed by atoms with van der Waals surface area (Å²) in [6, 6.07) is 8.52. The average molecular weight is 220 g/mol. The topological polar surface area (TPSA) is 17.0 Å². The molecule has 0 spiro atoms. The largest absolute Gasteiger partial charge is 0.350 e. The molecular weight excluding hydrogens is 204 g/mol. The lowest BCUT2D eigenvalue weighted by molar-refractivity contribution is 0.776. The van der Waals surface area contributed by atoms with E-state index < -0.39 is 0 Å². The SMILES string of the molecule is Cn1cc(CCNCS)c2ccccc21. The van der Waals surface area contributed by atoms with Crippen LogP contribution in [0.15, 0.2) is 30.5 Å². The van der Waals surface area contributed by atoms with E-state index in [1.165, 1.54) is 16.5 Å². The number of aromatic nitrogens is 1. The molecule has 0 saturated heterocycles. The van der Waals surface area contributed by atoms with Crippen molar-refractivity contribution < 1.29 is 0 Å². The van der Waals surface area contributed by atoms with Gasteiger partial charge < -0.3 is 9.88 Å². The minimum atomic E-state index is 0.741. The molecule has 0 radical (unpaired) electrons. The van der Waals surface area contributed by atoms with Crippen molar-refractivity contribution in [3.8, 4) is 0 Å². The van der Waals surface area contributed by atoms with Gasteiger partial charge in [-0.05, 0) is 18.1 Å². The number of fused-ring (bicyclic) bond motifs is 1. The lowest BCUT2D eigenvalue weighted by Gasteiger charge is -1.99. The zero-order valence-corrected chi connectivity index (χ0v) is 9.80. The molecule has 2 rings (SSSR count). The molecule has 0 unspecified atom stereocenters. The Morgan fingerprint density at radius 3 is 2.93 bits per heavy atom. The Labute approximate surface area is 95.7 Å². The van der Waals surface area contributed by atoms with Gasteiger partial charge in [-0.1, -0.05) is 18.2 Å². The average Bonchev–Trinajstić information content (AvgIpc) is 2.58. The number of para-hydroxylation sites is 1. The van der Waals surface area contributed by atoms with E-state index >= 15 is 0 Å². The van der Waals surface area contributed by atoms with E-state index in [-0.39, 0.29) is 0 Å². The second-order valence-electron chi connectivity index (χ2n) is 3.69. The summed E-state index contributed by atoms with van der Waals surface area (Å²) >= 11 is 4.13. The van der Waals surface area contributed by atoms with Crippen LogP contribution in [0.2, 0.25) is 0 Å². The first-order valence-corrected chi connectivity index (χ1v) is 5.80. The summed E-state index contributed by atoms with van der Waals surface area (Å²) in [4.78, 5) is 0. The maximum absolute atomic E-state index is 4.13. The summed E-state index contributed by atoms with van der Waals surface area (Å²) in [7, 11) is 2.10. The number of thiol groups is 1. The van der Waals surface area contributed by atoms with Crippen LogP contribution < -0.4 is 5.32 Å². The van der Waals surface area contributed by atoms with Crippen LogP contribution in [0.3, 0.4) is 0 Å². The van der Waals surface area contributed by atoms with Crippen molar-refractivity contribution in [1.82, 2.24) is 9.88 Å². The summed E-state index contributed by atoms with van der Waals surface area (Å²) in [5.41, 5.74) is 2.71. The maximum atomic E-state index is 4.13. The van der Waals surface area contributed by atoms with Crippen LogP contribution in [0.4, 0.5) is 0 Å². The van der Waals surface area contributed by atoms with Crippen LogP contribution >= 0.6 is 12.6 Å². The van der Waals surface area contributed by atoms with Crippen LogP contribution in [-0.2, 0) is 13.5 Å². The number of nitrogens with zero attached hydrogens (tertiary/aromatic N) is 1. The van der Waals surface area contributed by atoms with Crippen LogP contribution in [0, 0.1) is 0 Å². The lowest BCUT2D eigenvalue weighted by Crippen LogP contribution is -2.14. The molecule has 0 aliphatic rings. The molecule has 1 aromatic heterocycles. The summed E-state index contributed by atoms with van der Waals surface area (Å²) in [6.07, 6.45) is 3.27. The number of hydrogen-bond acceptors (Lipinski definition) is 2. The Bertz CT molecular complexity index is 448. The molecule has 1 aromatic carbocycles. The second-order valence-corrected chi connectivity index (χ2v) is 4.01. The van der Waals surface area contributed by atoms with E-state index in [1.807, 2.05) is 0 Å². The Morgan fingerprint density at radius 1 is 1.33 bits per heavy atom. The van der Waals surface area contributed by atoms with Gasteiger partial charge in [0.15, 0.2) is 0 Å². The summed E-state index contributed by atoms with van der Waals surface area (Å²) in [6.45, 7) is 0.984. The summed E-state index contributed by atoms with van der Waals surface area (Å²) in [5.74, 6) is 0.741. The number of hydrogen-bond donors (Lipinski definition) is 2. The van der Waals surface area contributed by atoms with Gasteiger partial charge in [0.1, 0.15) is 0 Å². The quantitative estimate of drug-likeness (QED) is 0.459. The Balaban J connectivity index is 2.27. The van der Waals surface area contributed by atoms with Crippen LogP contribution in [0.5, 0.6) is 0 Å². The summed E-state index contributed by atoms with van der Waals surface area (Å²) < 4.78 is 2.19. The highest BCUT2D eigenvalue weighted by molar-refractivity contribution is 7.80. The van der Waals surface area contributed by atoms with Gasteiger partial charge in [-0.15, -0.1) is 0 Å². The molecule has 0 aliphatic carbocycles. The molecule has 0 amide bonds. The second kappa shape index (κ2) is 4.73. The minimum absolute atomic E-state index is 0.741. The van der Waals surface area contributed by atoms with E-state index in [4.69, 9.17) is 0 Å². The van der Waals surface area contributed by atoms with Gasteiger partial charge in [-0.2, -0.15) is 12.6 Å². The Hall–Kier alpha value is -0.930. The van der Waals surface area contributed by atoms with Gasteiger partial charge in [0, 0.05) is 36.6 Å². The lowest BCUT2D eigenvalue weighted by atomic mass is 10.1. The van der Waals surface area contributed by atoms with Crippen molar-refractivity contribution in [2.24, 2.45) is 7.05 Å². The molecule has 1 heterocycles. The molecule has 15 heavy (non-hydrogen) atoms. The fraction of sp³-hybridized carbons (Fsp3) is 0.333. The Kier molecular flexibility index (Phi) is 3.34. The standard InChI is InChI=1S/C12H16N2S/c1-14-8-10(6-7-13-9-15)11-4-2-3-5-12(11)14/h2-5,8,13,15H,6-7,9H2,1H3. The predicted octanol–water partition coefficient (Wildman–Crippen LogP) is 2.20. The predicted molar refractivity (Wildman–Crippen MR) is 68.5 cm³/mol. The first-order valence-electron chi connectivity index (χ1n) is 5.17. The van der Waals surface area contributed by atoms with Crippen molar-refractivity contribution in [3.05, 3.63) is 36.0 Å². The third-order valence-electron chi connectivity index (χ3n) is 2.66. The van der Waals surface area contributed by atoms with Gasteiger partial charge in [0.05, 0.1) is 0 Å². The van der Waals surface area contributed by atoms with Crippen molar-refractivity contribution in [2.45, 2.75) is 6.42 Å². The van der Waals surface area contributed by atoms with Crippen molar-refractivity contribution in [3.63, 3.8) is 0 Å². The first-order chi connectivity index (χ1) is 7.33. The number of rotatable bonds is 4. The first kappa shape index (κ1) is 10.6. The monoisotopic (exact) mass is 220 g/mol.